The summed E-state index contributed by atoms with van der Waals surface area (Å²) >= 11 is 0. The first kappa shape index (κ1) is 16.5. The molecule has 5 nitrogen and oxygen atoms in total. The molecule has 0 aliphatic carbocycles. The van der Waals surface area contributed by atoms with E-state index in [2.05, 4.69) is 5.32 Å². The van der Waals surface area contributed by atoms with Crippen molar-refractivity contribution in [2.24, 2.45) is 0 Å². The lowest BCUT2D eigenvalue weighted by molar-refractivity contribution is -0.145. The summed E-state index contributed by atoms with van der Waals surface area (Å²) in [5.74, 6) is 0.416. The van der Waals surface area contributed by atoms with Crippen LogP contribution < -0.4 is 10.1 Å². The van der Waals surface area contributed by atoms with E-state index < -0.39 is 6.10 Å². The molecule has 1 aromatic rings. The Kier molecular flexibility index (Phi) is 7.04. The molecule has 0 fully saturated rings. The van der Waals surface area contributed by atoms with Gasteiger partial charge in [0.15, 0.2) is 0 Å². The number of carbonyl (C=O) groups is 1. The van der Waals surface area contributed by atoms with Crippen LogP contribution in [-0.4, -0.2) is 37.4 Å². The van der Waals surface area contributed by atoms with E-state index in [1.54, 1.807) is 14.0 Å². The van der Waals surface area contributed by atoms with Gasteiger partial charge in [-0.1, -0.05) is 12.1 Å². The topological polar surface area (TPSA) is 67.8 Å². The van der Waals surface area contributed by atoms with Gasteiger partial charge < -0.3 is 19.9 Å². The van der Waals surface area contributed by atoms with Crippen LogP contribution in [0, 0.1) is 0 Å². The molecule has 20 heavy (non-hydrogen) atoms. The van der Waals surface area contributed by atoms with E-state index >= 15 is 0 Å². The van der Waals surface area contributed by atoms with Crippen LogP contribution in [0.2, 0.25) is 0 Å². The third-order valence-electron chi connectivity index (χ3n) is 2.96. The Morgan fingerprint density at radius 1 is 1.45 bits per heavy atom. The number of ether oxygens (including phenoxy) is 2. The number of rotatable bonds is 8. The van der Waals surface area contributed by atoms with E-state index in [1.165, 1.54) is 0 Å². The van der Waals surface area contributed by atoms with Crippen LogP contribution in [0.5, 0.6) is 5.75 Å². The minimum atomic E-state index is -0.748. The quantitative estimate of drug-likeness (QED) is 0.709. The molecular weight excluding hydrogens is 258 g/mol. The van der Waals surface area contributed by atoms with Crippen LogP contribution in [-0.2, 0) is 9.53 Å². The van der Waals surface area contributed by atoms with Gasteiger partial charge in [-0.25, -0.2) is 0 Å². The van der Waals surface area contributed by atoms with Crippen molar-refractivity contribution in [2.45, 2.75) is 32.4 Å². The highest BCUT2D eigenvalue weighted by Crippen LogP contribution is 2.18. The molecule has 0 aromatic heterocycles. The van der Waals surface area contributed by atoms with Gasteiger partial charge in [-0.15, -0.1) is 0 Å². The lowest BCUT2D eigenvalue weighted by Gasteiger charge is -2.17. The molecule has 0 radical (unpaired) electrons. The van der Waals surface area contributed by atoms with Gasteiger partial charge in [0.2, 0.25) is 0 Å². The van der Waals surface area contributed by atoms with Crippen molar-refractivity contribution in [2.75, 3.05) is 20.3 Å². The van der Waals surface area contributed by atoms with Crippen LogP contribution in [0.25, 0.3) is 0 Å². The third kappa shape index (κ3) is 5.59. The summed E-state index contributed by atoms with van der Waals surface area (Å²) in [6.07, 6.45) is -0.742. The summed E-state index contributed by atoms with van der Waals surface area (Å²) in [6, 6.07) is 7.78. The fourth-order valence-corrected chi connectivity index (χ4v) is 1.83. The molecule has 2 N–H and O–H groups in total. The Morgan fingerprint density at radius 3 is 2.85 bits per heavy atom. The lowest BCUT2D eigenvalue weighted by atomic mass is 10.1. The van der Waals surface area contributed by atoms with Crippen LogP contribution in [0.15, 0.2) is 24.3 Å². The minimum Gasteiger partial charge on any atom is -0.497 e. The van der Waals surface area contributed by atoms with E-state index in [0.717, 1.165) is 11.3 Å². The Labute approximate surface area is 119 Å². The van der Waals surface area contributed by atoms with E-state index in [-0.39, 0.29) is 18.4 Å². The van der Waals surface area contributed by atoms with Gasteiger partial charge in [0, 0.05) is 12.6 Å². The number of aliphatic hydroxyl groups excluding tert-OH is 1. The number of benzene rings is 1. The lowest BCUT2D eigenvalue weighted by Crippen LogP contribution is -2.31. The maximum absolute atomic E-state index is 11.2. The normalized spacial score (nSPS) is 13.6. The zero-order chi connectivity index (χ0) is 15.0. The van der Waals surface area contributed by atoms with Crippen molar-refractivity contribution in [1.82, 2.24) is 5.32 Å². The van der Waals surface area contributed by atoms with Crippen LogP contribution in [0.4, 0.5) is 0 Å². The van der Waals surface area contributed by atoms with Crippen molar-refractivity contribution in [3.63, 3.8) is 0 Å². The number of hydrogen-bond acceptors (Lipinski definition) is 5. The first-order valence-corrected chi connectivity index (χ1v) is 6.77. The second kappa shape index (κ2) is 8.55. The first-order valence-electron chi connectivity index (χ1n) is 6.77. The second-order valence-electron chi connectivity index (χ2n) is 4.57. The molecule has 0 spiro atoms. The van der Waals surface area contributed by atoms with Crippen LogP contribution in [0.3, 0.4) is 0 Å². The Balaban J connectivity index is 2.42. The molecule has 112 valence electrons. The molecule has 0 aliphatic rings. The van der Waals surface area contributed by atoms with E-state index in [9.17, 15) is 9.90 Å². The minimum absolute atomic E-state index is 0.00563. The maximum Gasteiger partial charge on any atom is 0.308 e. The molecule has 1 aromatic carbocycles. The van der Waals surface area contributed by atoms with Crippen molar-refractivity contribution >= 4 is 5.97 Å². The molecule has 1 rings (SSSR count). The van der Waals surface area contributed by atoms with Crippen molar-refractivity contribution in [3.8, 4) is 5.75 Å². The summed E-state index contributed by atoms with van der Waals surface area (Å²) in [4.78, 5) is 11.2. The average molecular weight is 281 g/mol. The van der Waals surface area contributed by atoms with Gasteiger partial charge in [-0.3, -0.25) is 4.79 Å². The number of nitrogens with one attached hydrogen (secondary N) is 1. The van der Waals surface area contributed by atoms with Gasteiger partial charge >= 0.3 is 5.97 Å². The standard InChI is InChI=1S/C15H23NO4/c1-4-20-15(18)9-13(17)10-16-11(2)12-6-5-7-14(8-12)19-3/h5-8,11,13,16-17H,4,9-10H2,1-3H3/t11-,13?/m1/s1. The molecule has 0 heterocycles. The summed E-state index contributed by atoms with van der Waals surface area (Å²) in [5.41, 5.74) is 1.06. The molecule has 0 saturated heterocycles. The summed E-state index contributed by atoms with van der Waals surface area (Å²) in [5, 5.41) is 12.9. The Morgan fingerprint density at radius 2 is 2.20 bits per heavy atom. The van der Waals surface area contributed by atoms with E-state index in [1.807, 2.05) is 31.2 Å². The fraction of sp³-hybridized carbons (Fsp3) is 0.533. The Bertz CT molecular complexity index is 422. The fourth-order valence-electron chi connectivity index (χ4n) is 1.83. The van der Waals surface area contributed by atoms with Gasteiger partial charge in [0.1, 0.15) is 5.75 Å². The molecule has 0 saturated carbocycles. The molecule has 5 heteroatoms. The zero-order valence-electron chi connectivity index (χ0n) is 12.3. The van der Waals surface area contributed by atoms with Crippen molar-refractivity contribution in [3.05, 3.63) is 29.8 Å². The molecule has 0 aliphatic heterocycles. The number of esters is 1. The zero-order valence-corrected chi connectivity index (χ0v) is 12.3. The van der Waals surface area contributed by atoms with E-state index in [0.29, 0.717) is 13.2 Å². The maximum atomic E-state index is 11.2. The predicted octanol–water partition coefficient (Wildman–Crippen LogP) is 1.66. The highest BCUT2D eigenvalue weighted by atomic mass is 16.5. The highest BCUT2D eigenvalue weighted by Gasteiger charge is 2.13. The largest absolute Gasteiger partial charge is 0.497 e. The molecular formula is C15H23NO4. The van der Waals surface area contributed by atoms with Gasteiger partial charge in [0.05, 0.1) is 26.2 Å². The SMILES string of the molecule is CCOC(=O)CC(O)CN[C@H](C)c1cccc(OC)c1. The summed E-state index contributed by atoms with van der Waals surface area (Å²) in [7, 11) is 1.63. The monoisotopic (exact) mass is 281 g/mol. The summed E-state index contributed by atoms with van der Waals surface area (Å²) in [6.45, 7) is 4.40. The average Bonchev–Trinajstić information content (AvgIpc) is 2.45. The number of carbonyl (C=O) groups excluding carboxylic acids is 1. The van der Waals surface area contributed by atoms with Crippen molar-refractivity contribution in [1.29, 1.82) is 0 Å². The first-order chi connectivity index (χ1) is 9.56. The molecule has 2 atom stereocenters. The highest BCUT2D eigenvalue weighted by molar-refractivity contribution is 5.69. The Hall–Kier alpha value is -1.59. The smallest absolute Gasteiger partial charge is 0.308 e. The molecule has 0 bridgehead atoms. The van der Waals surface area contributed by atoms with Gasteiger partial charge in [-0.2, -0.15) is 0 Å². The third-order valence-corrected chi connectivity index (χ3v) is 2.96. The van der Waals surface area contributed by atoms with Crippen LogP contribution in [0.1, 0.15) is 31.9 Å². The number of hydrogen-bond donors (Lipinski definition) is 2. The summed E-state index contributed by atoms with van der Waals surface area (Å²) < 4.78 is 9.96. The molecule has 1 unspecified atom stereocenters. The van der Waals surface area contributed by atoms with E-state index in [4.69, 9.17) is 9.47 Å². The van der Waals surface area contributed by atoms with Crippen molar-refractivity contribution < 1.29 is 19.4 Å². The number of methoxy groups -OCH3 is 1. The van der Waals surface area contributed by atoms with Gasteiger partial charge in [0.25, 0.3) is 0 Å². The number of aliphatic hydroxyl groups is 1. The molecule has 0 amide bonds. The second-order valence-corrected chi connectivity index (χ2v) is 4.57. The predicted molar refractivity (Wildman–Crippen MR) is 76.7 cm³/mol. The van der Waals surface area contributed by atoms with Crippen LogP contribution >= 0.6 is 0 Å². The van der Waals surface area contributed by atoms with Gasteiger partial charge in [-0.05, 0) is 31.5 Å².